The second-order valence-electron chi connectivity index (χ2n) is 5.69. The lowest BCUT2D eigenvalue weighted by molar-refractivity contribution is 0.0734. The van der Waals surface area contributed by atoms with Gasteiger partial charge in [0.25, 0.3) is 5.91 Å². The van der Waals surface area contributed by atoms with Gasteiger partial charge < -0.3 is 9.84 Å². The molecule has 0 radical (unpaired) electrons. The summed E-state index contributed by atoms with van der Waals surface area (Å²) in [6.45, 7) is 0. The summed E-state index contributed by atoms with van der Waals surface area (Å²) in [5.74, 6) is -0.721. The number of rotatable bonds is 5. The minimum absolute atomic E-state index is 0.106. The average molecular weight is 439 g/mol. The second-order valence-corrected chi connectivity index (χ2v) is 6.60. The summed E-state index contributed by atoms with van der Waals surface area (Å²) in [6.07, 6.45) is 1.44. The summed E-state index contributed by atoms with van der Waals surface area (Å²) in [6, 6.07) is 19.9. The molecule has 3 aromatic rings. The molecule has 0 heterocycles. The van der Waals surface area contributed by atoms with Crippen LogP contribution in [0.4, 0.5) is 0 Å². The predicted molar refractivity (Wildman–Crippen MR) is 109 cm³/mol. The molecule has 2 N–H and O–H groups in total. The van der Waals surface area contributed by atoms with Crippen LogP contribution >= 0.6 is 15.9 Å². The fraction of sp³-hybridized carbons (Fsp3) is 0. The molecule has 0 aliphatic heterocycles. The van der Waals surface area contributed by atoms with Gasteiger partial charge in [0.2, 0.25) is 0 Å². The van der Waals surface area contributed by atoms with Crippen LogP contribution in [0.3, 0.4) is 0 Å². The highest BCUT2D eigenvalue weighted by atomic mass is 79.9. The lowest BCUT2D eigenvalue weighted by Gasteiger charge is -2.05. The van der Waals surface area contributed by atoms with Gasteiger partial charge in [-0.25, -0.2) is 10.2 Å². The number of carbonyl (C=O) groups is 2. The fourth-order valence-corrected chi connectivity index (χ4v) is 2.64. The van der Waals surface area contributed by atoms with Crippen molar-refractivity contribution >= 4 is 34.0 Å². The Labute approximate surface area is 169 Å². The van der Waals surface area contributed by atoms with E-state index in [1.165, 1.54) is 18.3 Å². The Morgan fingerprint density at radius 1 is 1.00 bits per heavy atom. The molecule has 0 unspecified atom stereocenters. The number of carbonyl (C=O) groups excluding carboxylic acids is 2. The predicted octanol–water partition coefficient (Wildman–Crippen LogP) is 4.14. The Balaban J connectivity index is 1.59. The largest absolute Gasteiger partial charge is 0.507 e. The molecule has 0 saturated carbocycles. The van der Waals surface area contributed by atoms with Crippen LogP contribution in [-0.2, 0) is 0 Å². The highest BCUT2D eigenvalue weighted by molar-refractivity contribution is 9.10. The molecule has 3 rings (SSSR count). The smallest absolute Gasteiger partial charge is 0.343 e. The maximum Gasteiger partial charge on any atom is 0.343 e. The van der Waals surface area contributed by atoms with Crippen LogP contribution in [0, 0.1) is 0 Å². The first-order chi connectivity index (χ1) is 13.5. The number of hydrazone groups is 1. The Morgan fingerprint density at radius 2 is 1.71 bits per heavy atom. The lowest BCUT2D eigenvalue weighted by Crippen LogP contribution is -2.17. The molecule has 0 bridgehead atoms. The van der Waals surface area contributed by atoms with Crippen molar-refractivity contribution in [3.63, 3.8) is 0 Å². The molecular weight excluding hydrogens is 424 g/mol. The number of nitrogens with zero attached hydrogens (tertiary/aromatic N) is 1. The van der Waals surface area contributed by atoms with Gasteiger partial charge in [0.05, 0.1) is 17.3 Å². The van der Waals surface area contributed by atoms with E-state index in [-0.39, 0.29) is 11.3 Å². The summed E-state index contributed by atoms with van der Waals surface area (Å²) in [5.41, 5.74) is 3.61. The number of phenols is 1. The van der Waals surface area contributed by atoms with Crippen molar-refractivity contribution in [3.05, 3.63) is 94.0 Å². The van der Waals surface area contributed by atoms with Gasteiger partial charge >= 0.3 is 5.97 Å². The van der Waals surface area contributed by atoms with Crippen LogP contribution in [0.5, 0.6) is 11.5 Å². The first kappa shape index (κ1) is 19.3. The Morgan fingerprint density at radius 3 is 2.43 bits per heavy atom. The monoisotopic (exact) mass is 438 g/mol. The Kier molecular flexibility index (Phi) is 6.18. The van der Waals surface area contributed by atoms with E-state index < -0.39 is 11.9 Å². The quantitative estimate of drug-likeness (QED) is 0.271. The zero-order valence-electron chi connectivity index (χ0n) is 14.5. The van der Waals surface area contributed by atoms with Crippen molar-refractivity contribution in [1.82, 2.24) is 5.43 Å². The molecule has 140 valence electrons. The maximum atomic E-state index is 12.1. The molecule has 0 aromatic heterocycles. The van der Waals surface area contributed by atoms with Crippen LogP contribution in [0.2, 0.25) is 0 Å². The van der Waals surface area contributed by atoms with Crippen LogP contribution in [0.25, 0.3) is 0 Å². The number of nitrogens with one attached hydrogen (secondary N) is 1. The van der Waals surface area contributed by atoms with Gasteiger partial charge in [0.1, 0.15) is 11.5 Å². The SMILES string of the molecule is O=C(Oc1ccc(/C=N/NC(=O)c2cc(Br)ccc2O)cc1)c1ccccc1. The molecule has 0 spiro atoms. The number of ether oxygens (including phenoxy) is 1. The van der Waals surface area contributed by atoms with E-state index in [2.05, 4.69) is 26.5 Å². The van der Waals surface area contributed by atoms with E-state index >= 15 is 0 Å². The van der Waals surface area contributed by atoms with E-state index in [4.69, 9.17) is 4.74 Å². The number of phenolic OH excluding ortho intramolecular Hbond substituents is 1. The number of benzene rings is 3. The van der Waals surface area contributed by atoms with Crippen LogP contribution < -0.4 is 10.2 Å². The average Bonchev–Trinajstić information content (AvgIpc) is 2.71. The van der Waals surface area contributed by atoms with Crippen molar-refractivity contribution in [2.24, 2.45) is 5.10 Å². The van der Waals surface area contributed by atoms with E-state index in [1.54, 1.807) is 54.6 Å². The van der Waals surface area contributed by atoms with Crippen molar-refractivity contribution in [2.45, 2.75) is 0 Å². The molecule has 0 aliphatic rings. The first-order valence-electron chi connectivity index (χ1n) is 8.22. The third kappa shape index (κ3) is 5.05. The fourth-order valence-electron chi connectivity index (χ4n) is 2.28. The van der Waals surface area contributed by atoms with Crippen molar-refractivity contribution in [2.75, 3.05) is 0 Å². The van der Waals surface area contributed by atoms with E-state index in [1.807, 2.05) is 6.07 Å². The zero-order chi connectivity index (χ0) is 19.9. The van der Waals surface area contributed by atoms with Gasteiger partial charge in [0.15, 0.2) is 0 Å². The van der Waals surface area contributed by atoms with Crippen LogP contribution in [-0.4, -0.2) is 23.2 Å². The minimum atomic E-state index is -0.538. The maximum absolute atomic E-state index is 12.1. The van der Waals surface area contributed by atoms with Crippen molar-refractivity contribution < 1.29 is 19.4 Å². The lowest BCUT2D eigenvalue weighted by atomic mass is 10.2. The van der Waals surface area contributed by atoms with Crippen molar-refractivity contribution in [1.29, 1.82) is 0 Å². The van der Waals surface area contributed by atoms with E-state index in [0.29, 0.717) is 21.3 Å². The highest BCUT2D eigenvalue weighted by Gasteiger charge is 2.10. The Bertz CT molecular complexity index is 1020. The van der Waals surface area contributed by atoms with Gasteiger partial charge in [-0.2, -0.15) is 5.10 Å². The van der Waals surface area contributed by atoms with Gasteiger partial charge in [-0.3, -0.25) is 4.79 Å². The van der Waals surface area contributed by atoms with E-state index in [9.17, 15) is 14.7 Å². The summed E-state index contributed by atoms with van der Waals surface area (Å²) in [4.78, 5) is 24.1. The first-order valence-corrected chi connectivity index (χ1v) is 9.01. The summed E-state index contributed by atoms with van der Waals surface area (Å²) in [7, 11) is 0. The van der Waals surface area contributed by atoms with Crippen molar-refractivity contribution in [3.8, 4) is 11.5 Å². The summed E-state index contributed by atoms with van der Waals surface area (Å²) in [5, 5.41) is 13.6. The second kappa shape index (κ2) is 8.96. The number of amides is 1. The molecule has 0 saturated heterocycles. The van der Waals surface area contributed by atoms with Crippen LogP contribution in [0.1, 0.15) is 26.3 Å². The third-order valence-corrected chi connectivity index (χ3v) is 4.18. The zero-order valence-corrected chi connectivity index (χ0v) is 16.1. The number of halogens is 1. The summed E-state index contributed by atoms with van der Waals surface area (Å²) < 4.78 is 5.96. The minimum Gasteiger partial charge on any atom is -0.507 e. The van der Waals surface area contributed by atoms with Gasteiger partial charge in [0, 0.05) is 4.47 Å². The van der Waals surface area contributed by atoms with Gasteiger partial charge in [-0.1, -0.05) is 34.1 Å². The molecule has 0 aliphatic carbocycles. The summed E-state index contributed by atoms with van der Waals surface area (Å²) >= 11 is 3.24. The molecule has 1 amide bonds. The number of hydrogen-bond acceptors (Lipinski definition) is 5. The normalized spacial score (nSPS) is 10.6. The highest BCUT2D eigenvalue weighted by Crippen LogP contribution is 2.21. The number of hydrogen-bond donors (Lipinski definition) is 2. The standard InChI is InChI=1S/C21H15BrN2O4/c22-16-8-11-19(25)18(12-16)20(26)24-23-13-14-6-9-17(10-7-14)28-21(27)15-4-2-1-3-5-15/h1-13,25H,(H,24,26)/b23-13+. The van der Waals surface area contributed by atoms with Gasteiger partial charge in [-0.05, 0) is 60.2 Å². The number of esters is 1. The topological polar surface area (TPSA) is 88.0 Å². The van der Waals surface area contributed by atoms with Crippen LogP contribution in [0.15, 0.2) is 82.4 Å². The Hall–Kier alpha value is -3.45. The molecule has 3 aromatic carbocycles. The molecule has 6 nitrogen and oxygen atoms in total. The third-order valence-electron chi connectivity index (χ3n) is 3.68. The molecule has 0 fully saturated rings. The van der Waals surface area contributed by atoms with E-state index in [0.717, 1.165) is 0 Å². The molecule has 0 atom stereocenters. The number of aromatic hydroxyl groups is 1. The molecular formula is C21H15BrN2O4. The molecule has 7 heteroatoms. The molecule has 28 heavy (non-hydrogen) atoms. The van der Waals surface area contributed by atoms with Gasteiger partial charge in [-0.15, -0.1) is 0 Å².